The van der Waals surface area contributed by atoms with E-state index in [0.717, 1.165) is 51.0 Å². The van der Waals surface area contributed by atoms with Crippen molar-refractivity contribution >= 4 is 29.9 Å². The average molecular weight is 472 g/mol. The minimum atomic E-state index is 0. The summed E-state index contributed by atoms with van der Waals surface area (Å²) in [7, 11) is 1.76. The molecular formula is C20H33IN4O. The van der Waals surface area contributed by atoms with Crippen LogP contribution in [0.1, 0.15) is 44.2 Å². The van der Waals surface area contributed by atoms with Gasteiger partial charge >= 0.3 is 0 Å². The Bertz CT molecular complexity index is 569. The van der Waals surface area contributed by atoms with E-state index in [2.05, 4.69) is 40.2 Å². The van der Waals surface area contributed by atoms with Gasteiger partial charge in [-0.15, -0.1) is 24.0 Å². The molecule has 0 aliphatic carbocycles. The Morgan fingerprint density at radius 2 is 1.77 bits per heavy atom. The number of para-hydroxylation sites is 1. The predicted molar refractivity (Wildman–Crippen MR) is 119 cm³/mol. The molecular weight excluding hydrogens is 439 g/mol. The molecule has 26 heavy (non-hydrogen) atoms. The maximum absolute atomic E-state index is 5.64. The second kappa shape index (κ2) is 11.0. The van der Waals surface area contributed by atoms with Crippen molar-refractivity contribution in [1.29, 1.82) is 0 Å². The van der Waals surface area contributed by atoms with Crippen molar-refractivity contribution in [3.05, 3.63) is 29.8 Å². The van der Waals surface area contributed by atoms with E-state index in [9.17, 15) is 0 Å². The quantitative estimate of drug-likeness (QED) is 0.391. The van der Waals surface area contributed by atoms with Crippen LogP contribution in [0, 0.1) is 0 Å². The Hall–Kier alpha value is -1.02. The van der Waals surface area contributed by atoms with Gasteiger partial charge in [0.1, 0.15) is 5.75 Å². The smallest absolute Gasteiger partial charge is 0.193 e. The molecule has 2 aliphatic rings. The lowest BCUT2D eigenvalue weighted by atomic mass is 10.0. The van der Waals surface area contributed by atoms with E-state index in [1.54, 1.807) is 7.11 Å². The zero-order valence-corrected chi connectivity index (χ0v) is 18.4. The molecule has 0 spiro atoms. The predicted octanol–water partition coefficient (Wildman–Crippen LogP) is 3.51. The monoisotopic (exact) mass is 472 g/mol. The van der Waals surface area contributed by atoms with Gasteiger partial charge in [-0.1, -0.05) is 18.2 Å². The van der Waals surface area contributed by atoms with Crippen molar-refractivity contribution in [2.75, 3.05) is 46.4 Å². The first kappa shape index (κ1) is 21.3. The van der Waals surface area contributed by atoms with Crippen LogP contribution < -0.4 is 10.1 Å². The molecule has 1 unspecified atom stereocenters. The van der Waals surface area contributed by atoms with Crippen molar-refractivity contribution in [1.82, 2.24) is 15.1 Å². The standard InChI is InChI=1S/C20H32N4O.HI/c1-3-21-20(24-14-8-9-15-24)22-16-18(23-12-6-7-13-23)17-10-4-5-11-19(17)25-2;/h4-5,10-11,18H,3,6-9,12-16H2,1-2H3,(H,21,22);1H. The second-order valence-corrected chi connectivity index (χ2v) is 6.89. The third-order valence-electron chi connectivity index (χ3n) is 5.23. The summed E-state index contributed by atoms with van der Waals surface area (Å²) in [6.07, 6.45) is 5.10. The van der Waals surface area contributed by atoms with Gasteiger partial charge in [-0.3, -0.25) is 9.89 Å². The lowest BCUT2D eigenvalue weighted by Gasteiger charge is -2.29. The molecule has 0 saturated carbocycles. The summed E-state index contributed by atoms with van der Waals surface area (Å²) in [6, 6.07) is 8.69. The fourth-order valence-electron chi connectivity index (χ4n) is 3.93. The Morgan fingerprint density at radius 3 is 2.42 bits per heavy atom. The number of hydrogen-bond acceptors (Lipinski definition) is 3. The zero-order valence-electron chi connectivity index (χ0n) is 16.1. The van der Waals surface area contributed by atoms with Crippen molar-refractivity contribution in [3.63, 3.8) is 0 Å². The topological polar surface area (TPSA) is 40.1 Å². The third kappa shape index (κ3) is 5.25. The van der Waals surface area contributed by atoms with Gasteiger partial charge < -0.3 is 15.0 Å². The fraction of sp³-hybridized carbons (Fsp3) is 0.650. The fourth-order valence-corrected chi connectivity index (χ4v) is 3.93. The molecule has 0 bridgehead atoms. The number of likely N-dealkylation sites (tertiary alicyclic amines) is 2. The molecule has 0 amide bonds. The van der Waals surface area contributed by atoms with Crippen LogP contribution in [0.5, 0.6) is 5.75 Å². The van der Waals surface area contributed by atoms with Crippen LogP contribution in [0.2, 0.25) is 0 Å². The Morgan fingerprint density at radius 1 is 1.12 bits per heavy atom. The van der Waals surface area contributed by atoms with E-state index in [1.165, 1.54) is 31.2 Å². The number of halogens is 1. The molecule has 146 valence electrons. The zero-order chi connectivity index (χ0) is 17.5. The van der Waals surface area contributed by atoms with Gasteiger partial charge in [0.2, 0.25) is 0 Å². The molecule has 0 radical (unpaired) electrons. The highest BCUT2D eigenvalue weighted by molar-refractivity contribution is 14.0. The molecule has 2 heterocycles. The lowest BCUT2D eigenvalue weighted by molar-refractivity contribution is 0.245. The molecule has 1 aromatic carbocycles. The summed E-state index contributed by atoms with van der Waals surface area (Å²) in [6.45, 7) is 8.38. The van der Waals surface area contributed by atoms with Gasteiger partial charge in [0.05, 0.1) is 19.7 Å². The minimum absolute atomic E-state index is 0. The first-order chi connectivity index (χ1) is 12.3. The third-order valence-corrected chi connectivity index (χ3v) is 5.23. The number of rotatable bonds is 6. The minimum Gasteiger partial charge on any atom is -0.496 e. The molecule has 0 aromatic heterocycles. The van der Waals surface area contributed by atoms with E-state index >= 15 is 0 Å². The molecule has 1 aromatic rings. The molecule has 1 atom stereocenters. The summed E-state index contributed by atoms with van der Waals surface area (Å²) in [5, 5.41) is 3.48. The number of methoxy groups -OCH3 is 1. The molecule has 6 heteroatoms. The van der Waals surface area contributed by atoms with Crippen molar-refractivity contribution in [2.24, 2.45) is 4.99 Å². The number of nitrogens with zero attached hydrogens (tertiary/aromatic N) is 3. The molecule has 5 nitrogen and oxygen atoms in total. The van der Waals surface area contributed by atoms with Crippen LogP contribution in [0.3, 0.4) is 0 Å². The number of nitrogens with one attached hydrogen (secondary N) is 1. The number of guanidine groups is 1. The molecule has 2 aliphatic heterocycles. The van der Waals surface area contributed by atoms with Crippen molar-refractivity contribution < 1.29 is 4.74 Å². The van der Waals surface area contributed by atoms with Gasteiger partial charge in [-0.25, -0.2) is 0 Å². The molecule has 3 rings (SSSR count). The van der Waals surface area contributed by atoms with E-state index in [1.807, 2.05) is 6.07 Å². The van der Waals surface area contributed by atoms with Gasteiger partial charge in [0.15, 0.2) is 5.96 Å². The van der Waals surface area contributed by atoms with E-state index in [4.69, 9.17) is 9.73 Å². The van der Waals surface area contributed by atoms with Gasteiger partial charge in [-0.2, -0.15) is 0 Å². The van der Waals surface area contributed by atoms with Crippen molar-refractivity contribution in [3.8, 4) is 5.75 Å². The lowest BCUT2D eigenvalue weighted by Crippen LogP contribution is -2.40. The first-order valence-corrected chi connectivity index (χ1v) is 9.73. The van der Waals surface area contributed by atoms with Crippen LogP contribution in [-0.4, -0.2) is 62.1 Å². The van der Waals surface area contributed by atoms with E-state index in [0.29, 0.717) is 0 Å². The second-order valence-electron chi connectivity index (χ2n) is 6.89. The van der Waals surface area contributed by atoms with Crippen LogP contribution in [0.4, 0.5) is 0 Å². The van der Waals surface area contributed by atoms with Gasteiger partial charge in [0, 0.05) is 25.2 Å². The van der Waals surface area contributed by atoms with Crippen LogP contribution in [0.25, 0.3) is 0 Å². The maximum Gasteiger partial charge on any atom is 0.193 e. The largest absolute Gasteiger partial charge is 0.496 e. The summed E-state index contributed by atoms with van der Waals surface area (Å²) in [5.74, 6) is 2.04. The number of ether oxygens (including phenoxy) is 1. The van der Waals surface area contributed by atoms with Gasteiger partial charge in [0.25, 0.3) is 0 Å². The number of benzene rings is 1. The van der Waals surface area contributed by atoms with Crippen molar-refractivity contribution in [2.45, 2.75) is 38.6 Å². The SMILES string of the molecule is CCNC(=NCC(c1ccccc1OC)N1CCCC1)N1CCCC1.I. The van der Waals surface area contributed by atoms with E-state index in [-0.39, 0.29) is 30.0 Å². The van der Waals surface area contributed by atoms with Gasteiger partial charge in [-0.05, 0) is 51.8 Å². The summed E-state index contributed by atoms with van der Waals surface area (Å²) in [5.41, 5.74) is 1.26. The summed E-state index contributed by atoms with van der Waals surface area (Å²) < 4.78 is 5.64. The molecule has 2 fully saturated rings. The Balaban J connectivity index is 0.00000243. The number of aliphatic imine (C=N–C) groups is 1. The summed E-state index contributed by atoms with van der Waals surface area (Å²) >= 11 is 0. The first-order valence-electron chi connectivity index (χ1n) is 9.73. The molecule has 1 N–H and O–H groups in total. The Labute approximate surface area is 175 Å². The summed E-state index contributed by atoms with van der Waals surface area (Å²) in [4.78, 5) is 9.99. The highest BCUT2D eigenvalue weighted by Crippen LogP contribution is 2.32. The maximum atomic E-state index is 5.64. The van der Waals surface area contributed by atoms with Crippen LogP contribution in [0.15, 0.2) is 29.3 Å². The normalized spacial score (nSPS) is 19.3. The Kier molecular flexibility index (Phi) is 8.98. The highest BCUT2D eigenvalue weighted by Gasteiger charge is 2.26. The van der Waals surface area contributed by atoms with E-state index < -0.39 is 0 Å². The number of hydrogen-bond donors (Lipinski definition) is 1. The highest BCUT2D eigenvalue weighted by atomic mass is 127. The average Bonchev–Trinajstić information content (AvgIpc) is 3.35. The molecule has 2 saturated heterocycles. The van der Waals surface area contributed by atoms with Crippen LogP contribution in [-0.2, 0) is 0 Å². The van der Waals surface area contributed by atoms with Crippen LogP contribution >= 0.6 is 24.0 Å².